The summed E-state index contributed by atoms with van der Waals surface area (Å²) in [5.74, 6) is 1.73. The van der Waals surface area contributed by atoms with E-state index in [1.165, 1.54) is 129 Å². The maximum Gasteiger partial charge on any atom is 0.0605 e. The normalized spacial score (nSPS) is 24.0. The van der Waals surface area contributed by atoms with Crippen LogP contribution in [0.1, 0.15) is 137 Å². The second-order valence-electron chi connectivity index (χ2n) is 11.6. The highest BCUT2D eigenvalue weighted by molar-refractivity contribution is 4.88. The van der Waals surface area contributed by atoms with Gasteiger partial charge in [-0.2, -0.15) is 0 Å². The molecular formula is C30H60N2O. The lowest BCUT2D eigenvalue weighted by Crippen LogP contribution is -2.49. The number of nitrogens with zero attached hydrogens (tertiary/aromatic N) is 1. The lowest BCUT2D eigenvalue weighted by molar-refractivity contribution is -0.0425. The summed E-state index contributed by atoms with van der Waals surface area (Å²) in [4.78, 5) is 2.79. The third-order valence-electron chi connectivity index (χ3n) is 8.33. The molecule has 0 spiro atoms. The van der Waals surface area contributed by atoms with E-state index in [9.17, 15) is 0 Å². The number of rotatable bonds is 20. The molecule has 0 radical (unpaired) electrons. The van der Waals surface area contributed by atoms with Crippen molar-refractivity contribution < 1.29 is 4.74 Å². The Kier molecular flexibility index (Phi) is 16.0. The van der Waals surface area contributed by atoms with Gasteiger partial charge in [-0.15, -0.1) is 0 Å². The summed E-state index contributed by atoms with van der Waals surface area (Å²) in [6, 6.07) is 1.37. The Hall–Kier alpha value is -0.120. The van der Waals surface area contributed by atoms with Crippen molar-refractivity contribution in [3.05, 3.63) is 0 Å². The van der Waals surface area contributed by atoms with Gasteiger partial charge >= 0.3 is 0 Å². The highest BCUT2D eigenvalue weighted by atomic mass is 16.5. The first-order valence-corrected chi connectivity index (χ1v) is 15.2. The molecule has 0 bridgehead atoms. The Labute approximate surface area is 208 Å². The van der Waals surface area contributed by atoms with E-state index in [0.29, 0.717) is 18.2 Å². The molecule has 196 valence electrons. The van der Waals surface area contributed by atoms with E-state index in [0.717, 1.165) is 18.4 Å². The smallest absolute Gasteiger partial charge is 0.0605 e. The van der Waals surface area contributed by atoms with Gasteiger partial charge in [-0.1, -0.05) is 85.0 Å². The zero-order valence-electron chi connectivity index (χ0n) is 23.1. The lowest BCUT2D eigenvalue weighted by atomic mass is 9.88. The average molecular weight is 465 g/mol. The predicted molar refractivity (Wildman–Crippen MR) is 145 cm³/mol. The third-order valence-corrected chi connectivity index (χ3v) is 8.33. The maximum atomic E-state index is 6.33. The van der Waals surface area contributed by atoms with Crippen LogP contribution >= 0.6 is 0 Å². The summed E-state index contributed by atoms with van der Waals surface area (Å²) in [6.45, 7) is 14.3. The fourth-order valence-corrected chi connectivity index (χ4v) is 5.87. The fraction of sp³-hybridized carbons (Fsp3) is 1.00. The topological polar surface area (TPSA) is 24.5 Å². The molecule has 2 aliphatic rings. The SMILES string of the molecule is CCCCCCC(CCCCC)CN1CCC(COC2CC(NC(C)CCCCC)C2)CC1. The van der Waals surface area contributed by atoms with Crippen molar-refractivity contribution in [2.24, 2.45) is 11.8 Å². The number of hydrogen-bond donors (Lipinski definition) is 1. The molecule has 2 atom stereocenters. The van der Waals surface area contributed by atoms with Crippen molar-refractivity contribution in [1.29, 1.82) is 0 Å². The quantitative estimate of drug-likeness (QED) is 0.185. The van der Waals surface area contributed by atoms with Crippen molar-refractivity contribution in [1.82, 2.24) is 10.2 Å². The van der Waals surface area contributed by atoms with Crippen LogP contribution < -0.4 is 5.32 Å². The molecule has 1 saturated carbocycles. The van der Waals surface area contributed by atoms with Gasteiger partial charge in [-0.3, -0.25) is 0 Å². The van der Waals surface area contributed by atoms with E-state index in [-0.39, 0.29) is 0 Å². The first-order valence-electron chi connectivity index (χ1n) is 15.2. The summed E-state index contributed by atoms with van der Waals surface area (Å²) in [6.07, 6.45) is 23.9. The van der Waals surface area contributed by atoms with Gasteiger partial charge in [-0.25, -0.2) is 0 Å². The lowest BCUT2D eigenvalue weighted by Gasteiger charge is -2.39. The molecule has 0 aromatic carbocycles. The predicted octanol–water partition coefficient (Wildman–Crippen LogP) is 7.97. The van der Waals surface area contributed by atoms with Gasteiger partial charge < -0.3 is 15.0 Å². The summed E-state index contributed by atoms with van der Waals surface area (Å²) >= 11 is 0. The van der Waals surface area contributed by atoms with E-state index < -0.39 is 0 Å². The van der Waals surface area contributed by atoms with Gasteiger partial charge in [0.15, 0.2) is 0 Å². The number of nitrogens with one attached hydrogen (secondary N) is 1. The van der Waals surface area contributed by atoms with E-state index in [1.807, 2.05) is 0 Å². The summed E-state index contributed by atoms with van der Waals surface area (Å²) in [5, 5.41) is 3.82. The standard InChI is InChI=1S/C30H60N2O/c1-5-8-11-14-17-27(16-13-10-7-3)24-32-20-18-28(19-21-32)25-33-30-22-29(23-30)31-26(4)15-12-9-6-2/h26-31H,5-25H2,1-4H3. The molecule has 1 saturated heterocycles. The van der Waals surface area contributed by atoms with Crippen LogP contribution in [0.15, 0.2) is 0 Å². The van der Waals surface area contributed by atoms with Crippen LogP contribution in [0.3, 0.4) is 0 Å². The van der Waals surface area contributed by atoms with Crippen molar-refractivity contribution in [2.45, 2.75) is 155 Å². The summed E-state index contributed by atoms with van der Waals surface area (Å²) in [7, 11) is 0. The van der Waals surface area contributed by atoms with Crippen molar-refractivity contribution in [3.8, 4) is 0 Å². The number of likely N-dealkylation sites (tertiary alicyclic amines) is 1. The number of hydrogen-bond acceptors (Lipinski definition) is 3. The molecule has 1 aliphatic carbocycles. The van der Waals surface area contributed by atoms with E-state index in [2.05, 4.69) is 37.9 Å². The van der Waals surface area contributed by atoms with Crippen LogP contribution in [0.4, 0.5) is 0 Å². The number of unbranched alkanes of at least 4 members (excludes halogenated alkanes) is 7. The number of piperidine rings is 1. The minimum Gasteiger partial charge on any atom is -0.378 e. The van der Waals surface area contributed by atoms with Crippen molar-refractivity contribution >= 4 is 0 Å². The zero-order chi connectivity index (χ0) is 23.7. The van der Waals surface area contributed by atoms with Crippen molar-refractivity contribution in [2.75, 3.05) is 26.2 Å². The molecule has 0 aromatic heterocycles. The molecule has 3 heteroatoms. The number of ether oxygens (including phenoxy) is 1. The van der Waals surface area contributed by atoms with Crippen LogP contribution in [-0.2, 0) is 4.74 Å². The highest BCUT2D eigenvalue weighted by Crippen LogP contribution is 2.28. The van der Waals surface area contributed by atoms with E-state index in [4.69, 9.17) is 4.74 Å². The molecule has 2 unspecified atom stereocenters. The van der Waals surface area contributed by atoms with Crippen LogP contribution in [0, 0.1) is 11.8 Å². The monoisotopic (exact) mass is 464 g/mol. The van der Waals surface area contributed by atoms with Gasteiger partial charge in [0.2, 0.25) is 0 Å². The van der Waals surface area contributed by atoms with Gasteiger partial charge in [-0.05, 0) is 76.8 Å². The molecule has 0 aromatic rings. The molecule has 3 nitrogen and oxygen atoms in total. The largest absolute Gasteiger partial charge is 0.378 e. The Bertz CT molecular complexity index is 443. The fourth-order valence-electron chi connectivity index (χ4n) is 5.87. The Balaban J connectivity index is 1.54. The van der Waals surface area contributed by atoms with Gasteiger partial charge in [0, 0.05) is 25.2 Å². The van der Waals surface area contributed by atoms with Crippen molar-refractivity contribution in [3.63, 3.8) is 0 Å². The summed E-state index contributed by atoms with van der Waals surface area (Å²) in [5.41, 5.74) is 0. The Morgan fingerprint density at radius 2 is 1.36 bits per heavy atom. The van der Waals surface area contributed by atoms with Crippen LogP contribution in [0.25, 0.3) is 0 Å². The summed E-state index contributed by atoms with van der Waals surface area (Å²) < 4.78 is 6.33. The second-order valence-corrected chi connectivity index (χ2v) is 11.6. The van der Waals surface area contributed by atoms with Gasteiger partial charge in [0.1, 0.15) is 0 Å². The molecule has 2 rings (SSSR count). The van der Waals surface area contributed by atoms with Gasteiger partial charge in [0.25, 0.3) is 0 Å². The highest BCUT2D eigenvalue weighted by Gasteiger charge is 2.31. The zero-order valence-corrected chi connectivity index (χ0v) is 23.1. The average Bonchev–Trinajstić information content (AvgIpc) is 2.79. The molecule has 1 heterocycles. The van der Waals surface area contributed by atoms with E-state index in [1.54, 1.807) is 0 Å². The second kappa shape index (κ2) is 18.2. The molecule has 1 N–H and O–H groups in total. The maximum absolute atomic E-state index is 6.33. The molecule has 2 fully saturated rings. The minimum absolute atomic E-state index is 0.523. The first-order chi connectivity index (χ1) is 16.1. The first kappa shape index (κ1) is 29.1. The van der Waals surface area contributed by atoms with E-state index >= 15 is 0 Å². The Morgan fingerprint density at radius 1 is 0.788 bits per heavy atom. The third kappa shape index (κ3) is 13.0. The molecule has 0 amide bonds. The van der Waals surface area contributed by atoms with Crippen LogP contribution in [-0.4, -0.2) is 49.3 Å². The van der Waals surface area contributed by atoms with Gasteiger partial charge in [0.05, 0.1) is 6.10 Å². The van der Waals surface area contributed by atoms with Crippen LogP contribution in [0.2, 0.25) is 0 Å². The minimum atomic E-state index is 0.523. The molecular weight excluding hydrogens is 404 g/mol. The van der Waals surface area contributed by atoms with Crippen LogP contribution in [0.5, 0.6) is 0 Å². The Morgan fingerprint density at radius 3 is 2.00 bits per heavy atom. The molecule has 1 aliphatic heterocycles. The molecule has 33 heavy (non-hydrogen) atoms.